The summed E-state index contributed by atoms with van der Waals surface area (Å²) in [7, 11) is 6.70. The van der Waals surface area contributed by atoms with Gasteiger partial charge in [0.1, 0.15) is 0 Å². The molecule has 2 fully saturated rings. The van der Waals surface area contributed by atoms with Gasteiger partial charge in [-0.3, -0.25) is 4.79 Å². The molecule has 3 unspecified atom stereocenters. The van der Waals surface area contributed by atoms with Gasteiger partial charge in [-0.1, -0.05) is 0 Å². The average Bonchev–Trinajstić information content (AvgIpc) is 2.79. The molecule has 112 valence electrons. The Morgan fingerprint density at radius 2 is 1.63 bits per heavy atom. The van der Waals surface area contributed by atoms with Gasteiger partial charge in [0.15, 0.2) is 5.79 Å². The SMILES string of the molecule is COC.COC1(OC)CC2CCC(NC=O)CC2C1. The van der Waals surface area contributed by atoms with Crippen LogP contribution in [0.2, 0.25) is 0 Å². The number of rotatable bonds is 4. The first kappa shape index (κ1) is 16.4. The zero-order valence-corrected chi connectivity index (χ0v) is 12.5. The molecule has 0 aromatic carbocycles. The van der Waals surface area contributed by atoms with E-state index in [-0.39, 0.29) is 5.79 Å². The van der Waals surface area contributed by atoms with Gasteiger partial charge in [0, 0.05) is 47.3 Å². The number of nitrogens with one attached hydrogen (secondary N) is 1. The van der Waals surface area contributed by atoms with Gasteiger partial charge in [-0.15, -0.1) is 0 Å². The molecule has 3 atom stereocenters. The molecule has 5 nitrogen and oxygen atoms in total. The lowest BCUT2D eigenvalue weighted by atomic mass is 9.79. The smallest absolute Gasteiger partial charge is 0.207 e. The Morgan fingerprint density at radius 1 is 1.05 bits per heavy atom. The van der Waals surface area contributed by atoms with Crippen molar-refractivity contribution in [3.8, 4) is 0 Å². The van der Waals surface area contributed by atoms with Crippen molar-refractivity contribution >= 4 is 6.41 Å². The lowest BCUT2D eigenvalue weighted by Gasteiger charge is -2.30. The Kier molecular flexibility index (Phi) is 6.75. The van der Waals surface area contributed by atoms with Gasteiger partial charge >= 0.3 is 0 Å². The fraction of sp³-hybridized carbons (Fsp3) is 0.929. The number of ether oxygens (including phenoxy) is 3. The summed E-state index contributed by atoms with van der Waals surface area (Å²) in [6.45, 7) is 0. The van der Waals surface area contributed by atoms with Crippen molar-refractivity contribution in [3.05, 3.63) is 0 Å². The first-order valence-corrected chi connectivity index (χ1v) is 6.84. The maximum absolute atomic E-state index is 10.4. The molecule has 2 saturated carbocycles. The Bertz CT molecular complexity index is 268. The van der Waals surface area contributed by atoms with E-state index in [2.05, 4.69) is 10.1 Å². The van der Waals surface area contributed by atoms with Gasteiger partial charge in [-0.25, -0.2) is 0 Å². The molecule has 0 radical (unpaired) electrons. The number of carbonyl (C=O) groups excluding carboxylic acids is 1. The van der Waals surface area contributed by atoms with Crippen LogP contribution in [0, 0.1) is 11.8 Å². The number of fused-ring (bicyclic) bond motifs is 1. The van der Waals surface area contributed by atoms with E-state index in [4.69, 9.17) is 9.47 Å². The Balaban J connectivity index is 0.000000550. The van der Waals surface area contributed by atoms with Crippen LogP contribution in [-0.4, -0.2) is 46.7 Å². The third-order valence-electron chi connectivity index (χ3n) is 4.33. The van der Waals surface area contributed by atoms with Gasteiger partial charge in [-0.05, 0) is 31.1 Å². The predicted molar refractivity (Wildman–Crippen MR) is 72.7 cm³/mol. The molecule has 1 N–H and O–H groups in total. The maximum atomic E-state index is 10.4. The quantitative estimate of drug-likeness (QED) is 0.624. The fourth-order valence-corrected chi connectivity index (χ4v) is 3.39. The highest BCUT2D eigenvalue weighted by atomic mass is 16.7. The third kappa shape index (κ3) is 4.16. The molecule has 0 spiro atoms. The van der Waals surface area contributed by atoms with Crippen LogP contribution in [0.1, 0.15) is 32.1 Å². The van der Waals surface area contributed by atoms with Crippen LogP contribution in [0.4, 0.5) is 0 Å². The third-order valence-corrected chi connectivity index (χ3v) is 4.33. The zero-order valence-electron chi connectivity index (χ0n) is 12.5. The number of methoxy groups -OCH3 is 3. The van der Waals surface area contributed by atoms with E-state index in [0.717, 1.165) is 32.1 Å². The fourth-order valence-electron chi connectivity index (χ4n) is 3.39. The van der Waals surface area contributed by atoms with Gasteiger partial charge in [-0.2, -0.15) is 0 Å². The summed E-state index contributed by atoms with van der Waals surface area (Å²) >= 11 is 0. The van der Waals surface area contributed by atoms with Crippen molar-refractivity contribution in [1.29, 1.82) is 0 Å². The van der Waals surface area contributed by atoms with Crippen molar-refractivity contribution < 1.29 is 19.0 Å². The lowest BCUT2D eigenvalue weighted by Crippen LogP contribution is -2.35. The summed E-state index contributed by atoms with van der Waals surface area (Å²) in [6, 6.07) is 0.350. The molecule has 2 aliphatic carbocycles. The number of hydrogen-bond acceptors (Lipinski definition) is 4. The van der Waals surface area contributed by atoms with Gasteiger partial charge < -0.3 is 19.5 Å². The zero-order chi connectivity index (χ0) is 14.3. The van der Waals surface area contributed by atoms with Crippen molar-refractivity contribution in [3.63, 3.8) is 0 Å². The molecule has 0 bridgehead atoms. The maximum Gasteiger partial charge on any atom is 0.207 e. The Hall–Kier alpha value is -0.650. The van der Waals surface area contributed by atoms with Crippen LogP contribution in [0.15, 0.2) is 0 Å². The minimum atomic E-state index is -0.370. The minimum absolute atomic E-state index is 0.350. The van der Waals surface area contributed by atoms with Gasteiger partial charge in [0.25, 0.3) is 0 Å². The van der Waals surface area contributed by atoms with E-state index in [1.54, 1.807) is 28.4 Å². The summed E-state index contributed by atoms with van der Waals surface area (Å²) < 4.78 is 15.3. The topological polar surface area (TPSA) is 56.8 Å². The van der Waals surface area contributed by atoms with E-state index >= 15 is 0 Å². The van der Waals surface area contributed by atoms with Crippen LogP contribution in [0.25, 0.3) is 0 Å². The van der Waals surface area contributed by atoms with E-state index in [1.807, 2.05) is 0 Å². The van der Waals surface area contributed by atoms with Crippen LogP contribution in [0.3, 0.4) is 0 Å². The highest BCUT2D eigenvalue weighted by Gasteiger charge is 2.47. The number of carbonyl (C=O) groups is 1. The van der Waals surface area contributed by atoms with Crippen LogP contribution in [-0.2, 0) is 19.0 Å². The van der Waals surface area contributed by atoms with Crippen LogP contribution < -0.4 is 5.32 Å². The molecule has 0 aromatic rings. The predicted octanol–water partition coefficient (Wildman–Crippen LogP) is 1.56. The van der Waals surface area contributed by atoms with Crippen LogP contribution >= 0.6 is 0 Å². The summed E-state index contributed by atoms with van der Waals surface area (Å²) in [5.41, 5.74) is 0. The second-order valence-corrected chi connectivity index (χ2v) is 5.45. The molecular weight excluding hydrogens is 246 g/mol. The van der Waals surface area contributed by atoms with E-state index in [0.29, 0.717) is 17.9 Å². The Morgan fingerprint density at radius 3 is 2.16 bits per heavy atom. The molecule has 0 heterocycles. The normalized spacial score (nSPS) is 31.9. The summed E-state index contributed by atoms with van der Waals surface area (Å²) in [5.74, 6) is 0.960. The van der Waals surface area contributed by atoms with Crippen LogP contribution in [0.5, 0.6) is 0 Å². The molecular formula is C14H27NO4. The van der Waals surface area contributed by atoms with Crippen molar-refractivity contribution in [2.24, 2.45) is 11.8 Å². The molecule has 0 aromatic heterocycles. The van der Waals surface area contributed by atoms with Crippen molar-refractivity contribution in [2.75, 3.05) is 28.4 Å². The first-order valence-electron chi connectivity index (χ1n) is 6.84. The largest absolute Gasteiger partial charge is 0.388 e. The highest BCUT2D eigenvalue weighted by Crippen LogP contribution is 2.48. The number of hydrogen-bond donors (Lipinski definition) is 1. The van der Waals surface area contributed by atoms with Crippen molar-refractivity contribution in [2.45, 2.75) is 43.9 Å². The molecule has 2 rings (SSSR count). The lowest BCUT2D eigenvalue weighted by molar-refractivity contribution is -0.203. The highest BCUT2D eigenvalue weighted by molar-refractivity contribution is 5.46. The number of amides is 1. The second kappa shape index (κ2) is 7.82. The van der Waals surface area contributed by atoms with E-state index < -0.39 is 0 Å². The summed E-state index contributed by atoms with van der Waals surface area (Å²) in [5, 5.41) is 2.90. The summed E-state index contributed by atoms with van der Waals surface area (Å²) in [6.07, 6.45) is 6.10. The molecule has 5 heteroatoms. The molecule has 1 amide bonds. The standard InChI is InChI=1S/C12H21NO3.C2H6O/c1-15-12(16-2)6-9-3-4-11(13-8-14)5-10(9)7-12;1-3-2/h8-11H,3-7H2,1-2H3,(H,13,14);1-2H3. The molecule has 0 saturated heterocycles. The molecule has 19 heavy (non-hydrogen) atoms. The summed E-state index contributed by atoms with van der Waals surface area (Å²) in [4.78, 5) is 10.4. The molecule has 0 aliphatic heterocycles. The average molecular weight is 273 g/mol. The first-order chi connectivity index (χ1) is 9.14. The van der Waals surface area contributed by atoms with E-state index in [1.165, 1.54) is 6.42 Å². The second-order valence-electron chi connectivity index (χ2n) is 5.45. The Labute approximate surface area is 116 Å². The monoisotopic (exact) mass is 273 g/mol. The van der Waals surface area contributed by atoms with Gasteiger partial charge in [0.05, 0.1) is 0 Å². The van der Waals surface area contributed by atoms with Crippen molar-refractivity contribution in [1.82, 2.24) is 5.32 Å². The molecule has 2 aliphatic rings. The van der Waals surface area contributed by atoms with Gasteiger partial charge in [0.2, 0.25) is 6.41 Å². The minimum Gasteiger partial charge on any atom is -0.388 e. The van der Waals surface area contributed by atoms with E-state index in [9.17, 15) is 4.79 Å².